The van der Waals surface area contributed by atoms with Crippen molar-refractivity contribution in [3.05, 3.63) is 56.3 Å². The van der Waals surface area contributed by atoms with Crippen LogP contribution in [0.25, 0.3) is 10.2 Å². The molecule has 0 unspecified atom stereocenters. The molecule has 0 bridgehead atoms. The van der Waals surface area contributed by atoms with Crippen LogP contribution in [0, 0.1) is 6.92 Å². The summed E-state index contributed by atoms with van der Waals surface area (Å²) in [5.74, 6) is 0.383. The van der Waals surface area contributed by atoms with E-state index >= 15 is 0 Å². The van der Waals surface area contributed by atoms with E-state index in [0.29, 0.717) is 27.0 Å². The van der Waals surface area contributed by atoms with E-state index in [1.165, 1.54) is 11.3 Å². The molecule has 25 heavy (non-hydrogen) atoms. The number of aromatic nitrogens is 1. The van der Waals surface area contributed by atoms with Crippen molar-refractivity contribution in [2.75, 3.05) is 7.11 Å². The van der Waals surface area contributed by atoms with E-state index in [0.717, 1.165) is 21.5 Å². The molecule has 0 spiro atoms. The monoisotopic (exact) mass is 394 g/mol. The van der Waals surface area contributed by atoms with Gasteiger partial charge in [-0.3, -0.25) is 4.79 Å². The highest BCUT2D eigenvalue weighted by Crippen LogP contribution is 2.30. The zero-order valence-electron chi connectivity index (χ0n) is 14.0. The number of thiazole rings is 1. The SMILES string of the molecule is CCn1c(=NC(=O)c2cc(Cl)cc(Cl)c2)sc2c(C)ccc(OC)c21. The molecule has 2 aromatic carbocycles. The third-order valence-electron chi connectivity index (χ3n) is 3.83. The second-order valence-electron chi connectivity index (χ2n) is 5.47. The second-order valence-corrected chi connectivity index (χ2v) is 7.32. The Labute approximate surface area is 159 Å². The molecule has 7 heteroatoms. The van der Waals surface area contributed by atoms with Crippen molar-refractivity contribution >= 4 is 50.7 Å². The quantitative estimate of drug-likeness (QED) is 0.620. The van der Waals surface area contributed by atoms with Crippen LogP contribution in [-0.4, -0.2) is 17.6 Å². The molecule has 0 N–H and O–H groups in total. The van der Waals surface area contributed by atoms with Crippen molar-refractivity contribution in [2.24, 2.45) is 4.99 Å². The van der Waals surface area contributed by atoms with Crippen molar-refractivity contribution in [3.8, 4) is 5.75 Å². The predicted octanol–water partition coefficient (Wildman–Crippen LogP) is 5.09. The highest BCUT2D eigenvalue weighted by molar-refractivity contribution is 7.16. The number of hydrogen-bond acceptors (Lipinski definition) is 3. The molecule has 0 atom stereocenters. The van der Waals surface area contributed by atoms with E-state index < -0.39 is 0 Å². The van der Waals surface area contributed by atoms with Crippen LogP contribution in [0.15, 0.2) is 35.3 Å². The van der Waals surface area contributed by atoms with E-state index in [2.05, 4.69) is 4.99 Å². The van der Waals surface area contributed by atoms with Gasteiger partial charge in [0.2, 0.25) is 0 Å². The summed E-state index contributed by atoms with van der Waals surface area (Å²) >= 11 is 13.4. The normalized spacial score (nSPS) is 12.0. The molecule has 0 aliphatic carbocycles. The maximum Gasteiger partial charge on any atom is 0.279 e. The zero-order valence-corrected chi connectivity index (χ0v) is 16.3. The summed E-state index contributed by atoms with van der Waals surface area (Å²) < 4.78 is 8.52. The van der Waals surface area contributed by atoms with E-state index in [1.807, 2.05) is 30.5 Å². The van der Waals surface area contributed by atoms with Gasteiger partial charge in [-0.2, -0.15) is 4.99 Å². The highest BCUT2D eigenvalue weighted by Gasteiger charge is 2.14. The molecule has 0 fully saturated rings. The Bertz CT molecular complexity index is 1020. The first-order chi connectivity index (χ1) is 11.9. The number of aryl methyl sites for hydroxylation is 2. The molecule has 1 heterocycles. The molecule has 0 aliphatic heterocycles. The lowest BCUT2D eigenvalue weighted by atomic mass is 10.2. The van der Waals surface area contributed by atoms with Gasteiger partial charge in [0.05, 0.1) is 11.8 Å². The van der Waals surface area contributed by atoms with Gasteiger partial charge in [-0.05, 0) is 43.7 Å². The Morgan fingerprint density at radius 1 is 1.24 bits per heavy atom. The lowest BCUT2D eigenvalue weighted by molar-refractivity contribution is 0.0998. The van der Waals surface area contributed by atoms with Crippen LogP contribution in [0.5, 0.6) is 5.75 Å². The van der Waals surface area contributed by atoms with Crippen LogP contribution >= 0.6 is 34.5 Å². The number of benzene rings is 2. The third-order valence-corrected chi connectivity index (χ3v) is 5.48. The minimum atomic E-state index is -0.380. The van der Waals surface area contributed by atoms with Gasteiger partial charge in [-0.25, -0.2) is 0 Å². The lowest BCUT2D eigenvalue weighted by Crippen LogP contribution is -2.16. The van der Waals surface area contributed by atoms with Crippen molar-refractivity contribution in [2.45, 2.75) is 20.4 Å². The van der Waals surface area contributed by atoms with Gasteiger partial charge in [0, 0.05) is 22.2 Å². The first-order valence-corrected chi connectivity index (χ1v) is 9.24. The molecule has 3 rings (SSSR count). The van der Waals surface area contributed by atoms with Crippen LogP contribution in [0.4, 0.5) is 0 Å². The standard InChI is InChI=1S/C18H16Cl2N2O2S/c1-4-22-15-14(24-3)6-5-10(2)16(15)25-18(22)21-17(23)11-7-12(19)9-13(20)8-11/h5-9H,4H2,1-3H3. The number of fused-ring (bicyclic) bond motifs is 1. The molecule has 0 aliphatic rings. The predicted molar refractivity (Wildman–Crippen MR) is 103 cm³/mol. The minimum Gasteiger partial charge on any atom is -0.495 e. The maximum atomic E-state index is 12.6. The third kappa shape index (κ3) is 3.45. The van der Waals surface area contributed by atoms with Crippen molar-refractivity contribution in [1.29, 1.82) is 0 Å². The minimum absolute atomic E-state index is 0.362. The van der Waals surface area contributed by atoms with Gasteiger partial charge in [-0.15, -0.1) is 0 Å². The molecule has 1 aromatic heterocycles. The molecule has 4 nitrogen and oxygen atoms in total. The van der Waals surface area contributed by atoms with Gasteiger partial charge in [0.15, 0.2) is 4.80 Å². The summed E-state index contributed by atoms with van der Waals surface area (Å²) in [6, 6.07) is 8.64. The number of ether oxygens (including phenoxy) is 1. The fraction of sp³-hybridized carbons (Fsp3) is 0.222. The Morgan fingerprint density at radius 2 is 1.92 bits per heavy atom. The molecule has 1 amide bonds. The van der Waals surface area contributed by atoms with E-state index in [1.54, 1.807) is 25.3 Å². The number of carbonyl (C=O) groups excluding carboxylic acids is 1. The largest absolute Gasteiger partial charge is 0.495 e. The van der Waals surface area contributed by atoms with E-state index in [9.17, 15) is 4.79 Å². The first-order valence-electron chi connectivity index (χ1n) is 7.66. The summed E-state index contributed by atoms with van der Waals surface area (Å²) in [5.41, 5.74) is 2.43. The summed E-state index contributed by atoms with van der Waals surface area (Å²) in [4.78, 5) is 17.5. The summed E-state index contributed by atoms with van der Waals surface area (Å²) in [7, 11) is 1.64. The van der Waals surface area contributed by atoms with E-state index in [-0.39, 0.29) is 5.91 Å². The smallest absolute Gasteiger partial charge is 0.279 e. The number of nitrogens with zero attached hydrogens (tertiary/aromatic N) is 2. The Hall–Kier alpha value is -1.82. The Kier molecular flexibility index (Phi) is 5.18. The average Bonchev–Trinajstić information content (AvgIpc) is 2.93. The zero-order chi connectivity index (χ0) is 18.1. The van der Waals surface area contributed by atoms with Gasteiger partial charge < -0.3 is 9.30 Å². The highest BCUT2D eigenvalue weighted by atomic mass is 35.5. The van der Waals surface area contributed by atoms with Gasteiger partial charge in [0.1, 0.15) is 11.3 Å². The molecule has 3 aromatic rings. The number of carbonyl (C=O) groups is 1. The van der Waals surface area contributed by atoms with Crippen molar-refractivity contribution in [1.82, 2.24) is 4.57 Å². The van der Waals surface area contributed by atoms with Gasteiger partial charge in [0.25, 0.3) is 5.91 Å². The molecule has 130 valence electrons. The van der Waals surface area contributed by atoms with Crippen molar-refractivity contribution in [3.63, 3.8) is 0 Å². The van der Waals surface area contributed by atoms with Crippen LogP contribution in [0.1, 0.15) is 22.8 Å². The van der Waals surface area contributed by atoms with Crippen LogP contribution in [0.3, 0.4) is 0 Å². The number of methoxy groups -OCH3 is 1. The second kappa shape index (κ2) is 7.20. The number of halogens is 2. The molecule has 0 saturated carbocycles. The Morgan fingerprint density at radius 3 is 2.52 bits per heavy atom. The van der Waals surface area contributed by atoms with Crippen molar-refractivity contribution < 1.29 is 9.53 Å². The lowest BCUT2D eigenvalue weighted by Gasteiger charge is -2.07. The first kappa shape index (κ1) is 18.0. The number of rotatable bonds is 3. The van der Waals surface area contributed by atoms with Crippen LogP contribution in [-0.2, 0) is 6.54 Å². The fourth-order valence-corrected chi connectivity index (χ4v) is 4.35. The van der Waals surface area contributed by atoms with Gasteiger partial charge in [-0.1, -0.05) is 40.6 Å². The number of amides is 1. The van der Waals surface area contributed by atoms with Gasteiger partial charge >= 0.3 is 0 Å². The van der Waals surface area contributed by atoms with Crippen LogP contribution in [0.2, 0.25) is 10.0 Å². The summed E-state index contributed by atoms with van der Waals surface area (Å²) in [6.45, 7) is 4.70. The molecule has 0 radical (unpaired) electrons. The summed E-state index contributed by atoms with van der Waals surface area (Å²) in [5, 5.41) is 0.812. The maximum absolute atomic E-state index is 12.6. The summed E-state index contributed by atoms with van der Waals surface area (Å²) in [6.07, 6.45) is 0. The number of hydrogen-bond donors (Lipinski definition) is 0. The van der Waals surface area contributed by atoms with Crippen LogP contribution < -0.4 is 9.54 Å². The molecular weight excluding hydrogens is 379 g/mol. The topological polar surface area (TPSA) is 43.6 Å². The fourth-order valence-electron chi connectivity index (χ4n) is 2.65. The molecule has 0 saturated heterocycles. The van der Waals surface area contributed by atoms with E-state index in [4.69, 9.17) is 27.9 Å². The average molecular weight is 395 g/mol. The molecular formula is C18H16Cl2N2O2S. The Balaban J connectivity index is 2.22.